The molecule has 30 heavy (non-hydrogen) atoms. The molecule has 2 bridgehead atoms. The Bertz CT molecular complexity index is 1070. The minimum atomic E-state index is -0.576. The molecule has 156 valence electrons. The summed E-state index contributed by atoms with van der Waals surface area (Å²) in [4.78, 5) is 7.00. The lowest BCUT2D eigenvalue weighted by Crippen LogP contribution is -2.67. The number of fused-ring (bicyclic) bond motifs is 3. The highest BCUT2D eigenvalue weighted by Crippen LogP contribution is 2.32. The van der Waals surface area contributed by atoms with E-state index in [1.807, 2.05) is 24.4 Å². The summed E-state index contributed by atoms with van der Waals surface area (Å²) in [5, 5.41) is 26.8. The number of anilines is 1. The molecule has 0 radical (unpaired) electrons. The Balaban J connectivity index is 0.00000218. The lowest BCUT2D eigenvalue weighted by Gasteiger charge is -2.48. The SMILES string of the molecule is C.C[C@H](O)COc1cc(-c2ccc(N3CC4CC(C3)N4)nc2)c2c(C#N)cnn2c1. The number of nitriles is 1. The number of aromatic nitrogens is 3. The van der Waals surface area contributed by atoms with Crippen LogP contribution in [0, 0.1) is 11.3 Å². The van der Waals surface area contributed by atoms with Crippen LogP contribution in [0.25, 0.3) is 16.6 Å². The molecule has 0 spiro atoms. The number of hydrogen-bond acceptors (Lipinski definition) is 7. The average molecular weight is 406 g/mol. The van der Waals surface area contributed by atoms with E-state index in [-0.39, 0.29) is 14.0 Å². The summed E-state index contributed by atoms with van der Waals surface area (Å²) in [6.45, 7) is 3.82. The van der Waals surface area contributed by atoms with Gasteiger partial charge in [0.05, 0.1) is 29.6 Å². The van der Waals surface area contributed by atoms with Crippen LogP contribution < -0.4 is 15.0 Å². The number of aliphatic hydroxyl groups is 1. The van der Waals surface area contributed by atoms with E-state index >= 15 is 0 Å². The zero-order chi connectivity index (χ0) is 20.0. The zero-order valence-corrected chi connectivity index (χ0v) is 16.1. The average Bonchev–Trinajstić information content (AvgIpc) is 3.14. The molecule has 0 saturated carbocycles. The molecule has 0 aliphatic carbocycles. The molecule has 2 unspecified atom stereocenters. The molecule has 3 aromatic heterocycles. The van der Waals surface area contributed by atoms with Gasteiger partial charge in [-0.05, 0) is 31.5 Å². The third kappa shape index (κ3) is 3.58. The predicted molar refractivity (Wildman–Crippen MR) is 115 cm³/mol. The maximum atomic E-state index is 9.52. The summed E-state index contributed by atoms with van der Waals surface area (Å²) in [5.41, 5.74) is 2.92. The van der Waals surface area contributed by atoms with Crippen molar-refractivity contribution in [1.82, 2.24) is 19.9 Å². The molecule has 3 aliphatic rings. The first-order chi connectivity index (χ1) is 14.1. The van der Waals surface area contributed by atoms with E-state index in [4.69, 9.17) is 4.74 Å². The molecular formula is C22H26N6O2. The normalized spacial score (nSPS) is 20.8. The van der Waals surface area contributed by atoms with Gasteiger partial charge in [-0.3, -0.25) is 0 Å². The third-order valence-corrected chi connectivity index (χ3v) is 5.50. The van der Waals surface area contributed by atoms with Crippen LogP contribution in [0.3, 0.4) is 0 Å². The van der Waals surface area contributed by atoms with Crippen LogP contribution in [0.2, 0.25) is 0 Å². The number of rotatable bonds is 5. The lowest BCUT2D eigenvalue weighted by atomic mass is 9.91. The maximum Gasteiger partial charge on any atom is 0.138 e. The summed E-state index contributed by atoms with van der Waals surface area (Å²) < 4.78 is 7.33. The molecule has 3 fully saturated rings. The Morgan fingerprint density at radius 1 is 1.33 bits per heavy atom. The van der Waals surface area contributed by atoms with Crippen LogP contribution in [-0.2, 0) is 0 Å². The highest BCUT2D eigenvalue weighted by Gasteiger charge is 2.36. The van der Waals surface area contributed by atoms with Gasteiger partial charge in [-0.25, -0.2) is 9.50 Å². The monoisotopic (exact) mass is 406 g/mol. The Hall–Kier alpha value is -3.15. The van der Waals surface area contributed by atoms with E-state index in [1.165, 1.54) is 6.42 Å². The summed E-state index contributed by atoms with van der Waals surface area (Å²) >= 11 is 0. The first-order valence-electron chi connectivity index (χ1n) is 9.80. The molecule has 6 heterocycles. The highest BCUT2D eigenvalue weighted by atomic mass is 16.5. The van der Waals surface area contributed by atoms with Crippen molar-refractivity contribution in [2.75, 3.05) is 24.6 Å². The number of pyridine rings is 2. The standard InChI is InChI=1S/C21H22N6O2.CH4/c1-13(28)12-29-18-5-19(21-15(6-22)8-24-27(21)11-18)14-2-3-20(23-7-14)26-9-16-4-17(10-26)25-16;/h2-3,5,7-8,11,13,16-17,25,28H,4,9-10,12H2,1H3;1H4/t13-,16?,17?;/m0./s1. The van der Waals surface area contributed by atoms with Crippen molar-refractivity contribution in [1.29, 1.82) is 5.26 Å². The van der Waals surface area contributed by atoms with Crippen molar-refractivity contribution >= 4 is 11.3 Å². The molecule has 8 heteroatoms. The summed E-state index contributed by atoms with van der Waals surface area (Å²) in [6, 6.07) is 9.27. The Morgan fingerprint density at radius 2 is 2.10 bits per heavy atom. The molecular weight excluding hydrogens is 380 g/mol. The summed E-state index contributed by atoms with van der Waals surface area (Å²) in [7, 11) is 0. The second kappa shape index (κ2) is 7.94. The van der Waals surface area contributed by atoms with Gasteiger partial charge in [0.2, 0.25) is 0 Å². The number of nitrogens with zero attached hydrogens (tertiary/aromatic N) is 5. The molecule has 3 aromatic rings. The molecule has 8 nitrogen and oxygen atoms in total. The van der Waals surface area contributed by atoms with Gasteiger partial charge in [-0.2, -0.15) is 10.4 Å². The lowest BCUT2D eigenvalue weighted by molar-refractivity contribution is 0.122. The highest BCUT2D eigenvalue weighted by molar-refractivity contribution is 5.85. The first-order valence-corrected chi connectivity index (χ1v) is 9.80. The molecule has 0 aromatic carbocycles. The molecule has 3 saturated heterocycles. The van der Waals surface area contributed by atoms with E-state index in [1.54, 1.807) is 23.8 Å². The topological polar surface area (TPSA) is 98.7 Å². The van der Waals surface area contributed by atoms with Gasteiger partial charge < -0.3 is 20.1 Å². The quantitative estimate of drug-likeness (QED) is 0.670. The van der Waals surface area contributed by atoms with Crippen molar-refractivity contribution in [3.05, 3.63) is 42.4 Å². The molecule has 3 atom stereocenters. The van der Waals surface area contributed by atoms with Crippen LogP contribution in [-0.4, -0.2) is 57.6 Å². The fraction of sp³-hybridized carbons (Fsp3) is 0.409. The number of piperidine rings is 1. The second-order valence-corrected chi connectivity index (χ2v) is 7.82. The van der Waals surface area contributed by atoms with Gasteiger partial charge in [0, 0.05) is 42.5 Å². The molecule has 0 amide bonds. The van der Waals surface area contributed by atoms with Crippen molar-refractivity contribution in [2.24, 2.45) is 0 Å². The molecule has 3 aliphatic heterocycles. The van der Waals surface area contributed by atoms with Crippen LogP contribution in [0.1, 0.15) is 26.3 Å². The van der Waals surface area contributed by atoms with Crippen molar-refractivity contribution in [2.45, 2.75) is 39.0 Å². The van der Waals surface area contributed by atoms with Crippen LogP contribution in [0.4, 0.5) is 5.82 Å². The van der Waals surface area contributed by atoms with E-state index < -0.39 is 6.10 Å². The number of aliphatic hydroxyl groups excluding tert-OH is 1. The zero-order valence-electron chi connectivity index (χ0n) is 16.1. The number of nitrogens with one attached hydrogen (secondary N) is 1. The van der Waals surface area contributed by atoms with Gasteiger partial charge >= 0.3 is 0 Å². The number of piperazine rings is 1. The molecule has 6 rings (SSSR count). The summed E-state index contributed by atoms with van der Waals surface area (Å²) in [5.74, 6) is 1.55. The number of ether oxygens (including phenoxy) is 1. The smallest absolute Gasteiger partial charge is 0.138 e. The van der Waals surface area contributed by atoms with Crippen LogP contribution in [0.5, 0.6) is 5.75 Å². The summed E-state index contributed by atoms with van der Waals surface area (Å²) in [6.07, 6.45) is 5.78. The Labute approximate surface area is 175 Å². The third-order valence-electron chi connectivity index (χ3n) is 5.50. The van der Waals surface area contributed by atoms with E-state index in [0.29, 0.717) is 23.4 Å². The Morgan fingerprint density at radius 3 is 2.73 bits per heavy atom. The predicted octanol–water partition coefficient (Wildman–Crippen LogP) is 2.21. The second-order valence-electron chi connectivity index (χ2n) is 7.82. The van der Waals surface area contributed by atoms with Gasteiger partial charge in [0.15, 0.2) is 0 Å². The Kier molecular flexibility index (Phi) is 5.33. The maximum absolute atomic E-state index is 9.52. The van der Waals surface area contributed by atoms with E-state index in [2.05, 4.69) is 26.4 Å². The minimum absolute atomic E-state index is 0. The van der Waals surface area contributed by atoms with Crippen molar-refractivity contribution in [3.63, 3.8) is 0 Å². The van der Waals surface area contributed by atoms with Gasteiger partial charge in [-0.15, -0.1) is 0 Å². The largest absolute Gasteiger partial charge is 0.489 e. The van der Waals surface area contributed by atoms with Gasteiger partial charge in [-0.1, -0.05) is 7.43 Å². The van der Waals surface area contributed by atoms with Crippen molar-refractivity contribution in [3.8, 4) is 22.9 Å². The fourth-order valence-electron chi connectivity index (χ4n) is 4.13. The minimum Gasteiger partial charge on any atom is -0.489 e. The van der Waals surface area contributed by atoms with Crippen LogP contribution >= 0.6 is 0 Å². The van der Waals surface area contributed by atoms with E-state index in [0.717, 1.165) is 35.6 Å². The fourth-order valence-corrected chi connectivity index (χ4v) is 4.13. The van der Waals surface area contributed by atoms with E-state index in [9.17, 15) is 10.4 Å². The first kappa shape index (κ1) is 20.1. The van der Waals surface area contributed by atoms with Crippen molar-refractivity contribution < 1.29 is 9.84 Å². The van der Waals surface area contributed by atoms with Gasteiger partial charge in [0.25, 0.3) is 0 Å². The molecule has 2 N–H and O–H groups in total. The van der Waals surface area contributed by atoms with Crippen LogP contribution in [0.15, 0.2) is 36.8 Å². The number of hydrogen-bond donors (Lipinski definition) is 2. The van der Waals surface area contributed by atoms with Gasteiger partial charge in [0.1, 0.15) is 24.2 Å².